The van der Waals surface area contributed by atoms with Crippen molar-refractivity contribution < 1.29 is 32.7 Å². The second-order valence-corrected chi connectivity index (χ2v) is 19.2. The van der Waals surface area contributed by atoms with Gasteiger partial charge in [-0.3, -0.25) is 24.3 Å². The van der Waals surface area contributed by atoms with Gasteiger partial charge in [0.15, 0.2) is 5.82 Å². The van der Waals surface area contributed by atoms with E-state index in [0.29, 0.717) is 58.8 Å². The summed E-state index contributed by atoms with van der Waals surface area (Å²) in [6.07, 6.45) is 10.0. The summed E-state index contributed by atoms with van der Waals surface area (Å²) in [7, 11) is 0.750. The molecule has 0 spiro atoms. The summed E-state index contributed by atoms with van der Waals surface area (Å²) in [4.78, 5) is 51.3. The lowest BCUT2D eigenvalue weighted by molar-refractivity contribution is -0.136. The molecule has 3 aromatic carbocycles. The summed E-state index contributed by atoms with van der Waals surface area (Å²) in [5.41, 5.74) is 3.92. The van der Waals surface area contributed by atoms with Crippen LogP contribution in [0.3, 0.4) is 0 Å². The molecule has 3 aliphatic rings. The molecule has 3 aliphatic heterocycles. The highest BCUT2D eigenvalue weighted by molar-refractivity contribution is 7.99. The third kappa shape index (κ3) is 10.7. The van der Waals surface area contributed by atoms with Crippen LogP contribution >= 0.6 is 31.0 Å². The van der Waals surface area contributed by atoms with Crippen molar-refractivity contribution in [3.63, 3.8) is 0 Å². The van der Waals surface area contributed by atoms with Crippen LogP contribution in [0.25, 0.3) is 0 Å². The number of nitrogens with zero attached hydrogens (tertiary/aromatic N) is 4. The maximum atomic E-state index is 13.2. The third-order valence-corrected chi connectivity index (χ3v) is 14.9. The second-order valence-electron chi connectivity index (χ2n) is 15.4. The number of unbranched alkanes of at least 4 members (excludes halogenated alkanes) is 4. The van der Waals surface area contributed by atoms with E-state index < -0.39 is 13.6 Å². The number of aromatic nitrogens is 2. The molecular formula is C44H54ClN8O7PS. The molecule has 0 aliphatic carbocycles. The molecule has 2 saturated heterocycles. The first-order valence-electron chi connectivity index (χ1n) is 21.0. The molecule has 0 saturated carbocycles. The quantitative estimate of drug-likeness (QED) is 0.0293. The summed E-state index contributed by atoms with van der Waals surface area (Å²) >= 11 is 8.26. The van der Waals surface area contributed by atoms with Crippen LogP contribution in [0.15, 0.2) is 71.8 Å². The Morgan fingerprint density at radius 3 is 2.45 bits per heavy atom. The van der Waals surface area contributed by atoms with E-state index in [1.54, 1.807) is 48.0 Å². The van der Waals surface area contributed by atoms with Crippen LogP contribution in [0.5, 0.6) is 5.75 Å². The summed E-state index contributed by atoms with van der Waals surface area (Å²) in [5, 5.41) is 13.2. The van der Waals surface area contributed by atoms with Gasteiger partial charge in [-0.2, -0.15) is 4.98 Å². The smallest absolute Gasteiger partial charge is 0.362 e. The minimum absolute atomic E-state index is 0.126. The molecule has 1 unspecified atom stereocenters. The maximum Gasteiger partial charge on any atom is 0.362 e. The molecule has 0 radical (unpaired) electrons. The molecule has 4 heterocycles. The molecule has 2 fully saturated rings. The largest absolute Gasteiger partial charge is 0.494 e. The molecule has 4 aromatic rings. The van der Waals surface area contributed by atoms with Crippen molar-refractivity contribution in [1.29, 1.82) is 0 Å². The van der Waals surface area contributed by atoms with Crippen molar-refractivity contribution in [2.45, 2.75) is 81.3 Å². The number of thioether (sulfide) groups is 1. The van der Waals surface area contributed by atoms with Gasteiger partial charge in [0.25, 0.3) is 5.91 Å². The topological polar surface area (TPSA) is 176 Å². The van der Waals surface area contributed by atoms with Crippen LogP contribution in [-0.2, 0) is 29.7 Å². The molecule has 3 amide bonds. The highest BCUT2D eigenvalue weighted by Crippen LogP contribution is 2.47. The van der Waals surface area contributed by atoms with Gasteiger partial charge in [-0.05, 0) is 86.4 Å². The maximum absolute atomic E-state index is 13.2. The molecule has 4 N–H and O–H groups in total. The van der Waals surface area contributed by atoms with Gasteiger partial charge in [0.05, 0.1) is 30.0 Å². The number of rotatable bonds is 20. The molecule has 1 atom stereocenters. The zero-order chi connectivity index (χ0) is 43.6. The van der Waals surface area contributed by atoms with E-state index in [1.807, 2.05) is 24.3 Å². The minimum Gasteiger partial charge on any atom is -0.494 e. The fourth-order valence-electron chi connectivity index (χ4n) is 8.11. The number of hydrogen-bond donors (Lipinski definition) is 4. The lowest BCUT2D eigenvalue weighted by Gasteiger charge is -2.34. The van der Waals surface area contributed by atoms with E-state index >= 15 is 0 Å². The van der Waals surface area contributed by atoms with E-state index in [-0.39, 0.29) is 29.2 Å². The van der Waals surface area contributed by atoms with Crippen molar-refractivity contribution >= 4 is 82.8 Å². The fraction of sp³-hybridized carbons (Fsp3) is 0.432. The third-order valence-electron chi connectivity index (χ3n) is 11.5. The lowest BCUT2D eigenvalue weighted by Crippen LogP contribution is -2.52. The number of imide groups is 1. The molecule has 330 valence electrons. The van der Waals surface area contributed by atoms with Crippen LogP contribution in [0.2, 0.25) is 5.02 Å². The molecule has 1 aromatic heterocycles. The Morgan fingerprint density at radius 1 is 0.903 bits per heavy atom. The number of carbonyl (C=O) groups excluding carboxylic acids is 3. The number of piperidine rings is 2. The number of anilines is 5. The number of hydrogen-bond acceptors (Lipinski definition) is 14. The Bertz CT molecular complexity index is 2290. The summed E-state index contributed by atoms with van der Waals surface area (Å²) < 4.78 is 29.4. The summed E-state index contributed by atoms with van der Waals surface area (Å²) in [6.45, 7) is 3.30. The number of carbonyl (C=O) groups is 3. The summed E-state index contributed by atoms with van der Waals surface area (Å²) in [5.74, 6) is 1.45. The molecule has 15 nitrogen and oxygen atoms in total. The van der Waals surface area contributed by atoms with Crippen molar-refractivity contribution in [1.82, 2.24) is 25.5 Å². The number of ether oxygens (including phenoxy) is 1. The SMILES string of the molecule is COc1cc(N2CCC(NCCCCCCCSc3cccc4c3CN(C3CCC(=O)NC3=O)C4=O)CC2)ccc1Nc1ncc(Cl)c(Nc2ccccc2P(=O)(OC)OC)n1. The lowest BCUT2D eigenvalue weighted by atomic mass is 10.0. The van der Waals surface area contributed by atoms with Crippen LogP contribution in [0, 0.1) is 0 Å². The predicted molar refractivity (Wildman–Crippen MR) is 244 cm³/mol. The first-order valence-corrected chi connectivity index (χ1v) is 23.9. The van der Waals surface area contributed by atoms with Gasteiger partial charge in [0, 0.05) is 68.5 Å². The monoisotopic (exact) mass is 904 g/mol. The van der Waals surface area contributed by atoms with Crippen LogP contribution in [0.1, 0.15) is 73.7 Å². The van der Waals surface area contributed by atoms with Gasteiger partial charge in [-0.1, -0.05) is 49.1 Å². The fourth-order valence-corrected chi connectivity index (χ4v) is 10.6. The highest BCUT2D eigenvalue weighted by atomic mass is 35.5. The minimum atomic E-state index is -3.56. The van der Waals surface area contributed by atoms with Crippen molar-refractivity contribution in [3.05, 3.63) is 83.0 Å². The predicted octanol–water partition coefficient (Wildman–Crippen LogP) is 7.80. The van der Waals surface area contributed by atoms with E-state index in [9.17, 15) is 18.9 Å². The number of benzene rings is 3. The molecule has 0 bridgehead atoms. The number of amides is 3. The Labute approximate surface area is 371 Å². The van der Waals surface area contributed by atoms with Gasteiger partial charge in [-0.25, -0.2) is 4.98 Å². The molecule has 18 heteroatoms. The number of methoxy groups -OCH3 is 1. The number of fused-ring (bicyclic) bond motifs is 1. The molecular weight excluding hydrogens is 851 g/mol. The average molecular weight is 905 g/mol. The summed E-state index contributed by atoms with van der Waals surface area (Å²) in [6, 6.07) is 18.7. The Balaban J connectivity index is 0.805. The van der Waals surface area contributed by atoms with Gasteiger partial charge in [-0.15, -0.1) is 11.8 Å². The standard InChI is InChI=1S/C44H54ClN8O7PS/c1-58-37-26-30(16-17-34(37)49-44-47-27-33(45)41(51-44)48-35-13-7-8-14-38(35)61(57,59-2)60-3)52-23-20-29(21-24-52)46-22-9-5-4-6-10-25-62-39-15-11-12-31-32(39)28-53(43(31)56)36-18-19-40(54)50-42(36)55/h7-8,11-17,26-27,29,36,46H,4-6,9-10,18-25,28H2,1-3H3,(H,50,54,55)(H2,47,48,49,51). The Morgan fingerprint density at radius 2 is 1.68 bits per heavy atom. The van der Waals surface area contributed by atoms with Crippen molar-refractivity contribution in [2.75, 3.05) is 62.3 Å². The zero-order valence-electron chi connectivity index (χ0n) is 35.3. The number of halogens is 1. The normalized spacial score (nSPS) is 17.0. The van der Waals surface area contributed by atoms with Gasteiger partial charge < -0.3 is 39.5 Å². The van der Waals surface area contributed by atoms with Gasteiger partial charge in [0.1, 0.15) is 16.8 Å². The van der Waals surface area contributed by atoms with Crippen LogP contribution in [0.4, 0.5) is 28.8 Å². The van der Waals surface area contributed by atoms with Crippen molar-refractivity contribution in [2.24, 2.45) is 0 Å². The zero-order valence-corrected chi connectivity index (χ0v) is 37.8. The van der Waals surface area contributed by atoms with Gasteiger partial charge >= 0.3 is 7.60 Å². The van der Waals surface area contributed by atoms with E-state index in [2.05, 4.69) is 48.3 Å². The second kappa shape index (κ2) is 21.1. The highest BCUT2D eigenvalue weighted by Gasteiger charge is 2.40. The van der Waals surface area contributed by atoms with Crippen LogP contribution in [-0.4, -0.2) is 91.4 Å². The Kier molecular flexibility index (Phi) is 15.4. The molecule has 62 heavy (non-hydrogen) atoms. The van der Waals surface area contributed by atoms with E-state index in [1.165, 1.54) is 33.3 Å². The average Bonchev–Trinajstić information content (AvgIpc) is 3.63. The van der Waals surface area contributed by atoms with E-state index in [4.69, 9.17) is 25.4 Å². The van der Waals surface area contributed by atoms with Crippen LogP contribution < -0.4 is 36.2 Å². The van der Waals surface area contributed by atoms with Crippen molar-refractivity contribution in [3.8, 4) is 5.75 Å². The Hall–Kier alpha value is -4.70. The van der Waals surface area contributed by atoms with E-state index in [0.717, 1.165) is 73.6 Å². The first kappa shape index (κ1) is 45.3. The number of para-hydroxylation sites is 1. The number of nitrogens with one attached hydrogen (secondary N) is 4. The molecule has 7 rings (SSSR count). The van der Waals surface area contributed by atoms with Gasteiger partial charge in [0.2, 0.25) is 17.8 Å². The first-order chi connectivity index (χ1) is 30.1.